The molecule has 2 amide bonds. The predicted molar refractivity (Wildman–Crippen MR) is 123 cm³/mol. The van der Waals surface area contributed by atoms with Gasteiger partial charge in [0.15, 0.2) is 0 Å². The number of non-ortho nitro benzene ring substituents is 1. The van der Waals surface area contributed by atoms with Crippen LogP contribution in [0.3, 0.4) is 0 Å². The molecule has 0 unspecified atom stereocenters. The van der Waals surface area contributed by atoms with Crippen molar-refractivity contribution >= 4 is 34.4 Å². The molecule has 0 bridgehead atoms. The average molecular weight is 427 g/mol. The lowest BCUT2D eigenvalue weighted by Gasteiger charge is -2.25. The Labute approximate surface area is 185 Å². The number of aryl methyl sites for hydroxylation is 1. The lowest BCUT2D eigenvalue weighted by Crippen LogP contribution is -2.35. The number of para-hydroxylation sites is 2. The van der Waals surface area contributed by atoms with Crippen molar-refractivity contribution in [2.45, 2.75) is 13.8 Å². The minimum Gasteiger partial charge on any atom is -0.337 e. The van der Waals surface area contributed by atoms with Crippen molar-refractivity contribution < 1.29 is 14.5 Å². The van der Waals surface area contributed by atoms with Gasteiger partial charge >= 0.3 is 0 Å². The van der Waals surface area contributed by atoms with Crippen LogP contribution in [0.2, 0.25) is 0 Å². The van der Waals surface area contributed by atoms with Crippen LogP contribution in [0.15, 0.2) is 84.6 Å². The molecule has 3 aromatic carbocycles. The van der Waals surface area contributed by atoms with Crippen LogP contribution in [0.25, 0.3) is 5.57 Å². The monoisotopic (exact) mass is 427 g/mol. The van der Waals surface area contributed by atoms with Gasteiger partial charge in [-0.1, -0.05) is 36.4 Å². The van der Waals surface area contributed by atoms with Crippen LogP contribution < -0.4 is 9.80 Å². The Hall–Kier alpha value is -4.26. The Morgan fingerprint density at radius 3 is 2.09 bits per heavy atom. The maximum Gasteiger partial charge on any atom is 0.282 e. The van der Waals surface area contributed by atoms with Gasteiger partial charge in [-0.15, -0.1) is 0 Å². The van der Waals surface area contributed by atoms with E-state index in [0.717, 1.165) is 11.3 Å². The van der Waals surface area contributed by atoms with Crippen molar-refractivity contribution in [3.05, 3.63) is 106 Å². The highest BCUT2D eigenvalue weighted by Gasteiger charge is 2.43. The lowest BCUT2D eigenvalue weighted by atomic mass is 10.0. The second-order valence-corrected chi connectivity index (χ2v) is 7.34. The first kappa shape index (κ1) is 21.0. The summed E-state index contributed by atoms with van der Waals surface area (Å²) in [6.07, 6.45) is 0. The smallest absolute Gasteiger partial charge is 0.282 e. The predicted octanol–water partition coefficient (Wildman–Crippen LogP) is 4.71. The van der Waals surface area contributed by atoms with E-state index in [1.807, 2.05) is 56.3 Å². The van der Waals surface area contributed by atoms with E-state index in [-0.39, 0.29) is 17.0 Å². The number of benzene rings is 3. The first-order valence-corrected chi connectivity index (χ1v) is 10.2. The molecule has 4 rings (SSSR count). The second kappa shape index (κ2) is 8.47. The van der Waals surface area contributed by atoms with Crippen LogP contribution >= 0.6 is 0 Å². The van der Waals surface area contributed by atoms with Gasteiger partial charge in [0, 0.05) is 24.4 Å². The maximum absolute atomic E-state index is 13.7. The van der Waals surface area contributed by atoms with Gasteiger partial charge in [-0.3, -0.25) is 19.7 Å². The van der Waals surface area contributed by atoms with Crippen molar-refractivity contribution in [2.24, 2.45) is 0 Å². The van der Waals surface area contributed by atoms with Crippen LogP contribution in [-0.4, -0.2) is 23.3 Å². The number of hydrogen-bond donors (Lipinski definition) is 0. The largest absolute Gasteiger partial charge is 0.337 e. The zero-order valence-corrected chi connectivity index (χ0v) is 17.7. The molecule has 1 heterocycles. The van der Waals surface area contributed by atoms with Crippen LogP contribution in [0, 0.1) is 17.0 Å². The van der Waals surface area contributed by atoms with Gasteiger partial charge in [0.05, 0.1) is 16.2 Å². The van der Waals surface area contributed by atoms with Crippen molar-refractivity contribution in [2.75, 3.05) is 16.3 Å². The van der Waals surface area contributed by atoms with Gasteiger partial charge in [0.25, 0.3) is 17.5 Å². The van der Waals surface area contributed by atoms with Gasteiger partial charge < -0.3 is 4.90 Å². The molecule has 7 heteroatoms. The van der Waals surface area contributed by atoms with E-state index in [4.69, 9.17) is 0 Å². The van der Waals surface area contributed by atoms with Crippen LogP contribution in [0.4, 0.5) is 17.1 Å². The zero-order valence-electron chi connectivity index (χ0n) is 17.7. The Bertz CT molecular complexity index is 1230. The first-order chi connectivity index (χ1) is 15.4. The molecule has 32 heavy (non-hydrogen) atoms. The molecule has 0 radical (unpaired) electrons. The second-order valence-electron chi connectivity index (χ2n) is 7.34. The van der Waals surface area contributed by atoms with Gasteiger partial charge in [-0.05, 0) is 55.3 Å². The molecule has 7 nitrogen and oxygen atoms in total. The van der Waals surface area contributed by atoms with E-state index in [1.165, 1.54) is 29.2 Å². The van der Waals surface area contributed by atoms with E-state index in [2.05, 4.69) is 0 Å². The Balaban J connectivity index is 1.92. The number of rotatable bonds is 6. The summed E-state index contributed by atoms with van der Waals surface area (Å²) in [4.78, 5) is 40.9. The summed E-state index contributed by atoms with van der Waals surface area (Å²) < 4.78 is 0. The highest BCUT2D eigenvalue weighted by molar-refractivity contribution is 6.46. The van der Waals surface area contributed by atoms with E-state index in [9.17, 15) is 19.7 Å². The number of likely N-dealkylation sites (N-methyl/N-ethyl adjacent to an activating group) is 1. The average Bonchev–Trinajstić information content (AvgIpc) is 3.05. The molecular weight excluding hydrogens is 406 g/mol. The number of anilines is 2. The summed E-state index contributed by atoms with van der Waals surface area (Å²) >= 11 is 0. The molecule has 1 aliphatic heterocycles. The summed E-state index contributed by atoms with van der Waals surface area (Å²) in [6, 6.07) is 22.3. The third kappa shape index (κ3) is 3.54. The molecule has 0 atom stereocenters. The SMILES string of the molecule is CCN(C1=C(c2ccc([N+](=O)[O-])cc2)C(=O)N(c2ccccc2C)C1=O)c1ccccc1. The van der Waals surface area contributed by atoms with Crippen LogP contribution in [0.5, 0.6) is 0 Å². The third-order valence-corrected chi connectivity index (χ3v) is 5.44. The zero-order chi connectivity index (χ0) is 22.8. The number of nitrogens with zero attached hydrogens (tertiary/aromatic N) is 3. The summed E-state index contributed by atoms with van der Waals surface area (Å²) in [6.45, 7) is 4.20. The molecule has 3 aromatic rings. The molecule has 0 fully saturated rings. The number of carbonyl (C=O) groups excluding carboxylic acids is 2. The highest BCUT2D eigenvalue weighted by atomic mass is 16.6. The molecule has 0 N–H and O–H groups in total. The standard InChI is InChI=1S/C25H21N3O4/c1-3-26(19-10-5-4-6-11-19)23-22(18-13-15-20(16-14-18)28(31)32)24(29)27(25(23)30)21-12-8-7-9-17(21)2/h4-16H,3H2,1-2H3. The minimum atomic E-state index is -0.497. The lowest BCUT2D eigenvalue weighted by molar-refractivity contribution is -0.384. The fourth-order valence-electron chi connectivity index (χ4n) is 3.89. The number of amides is 2. The normalized spacial score (nSPS) is 13.6. The fourth-order valence-corrected chi connectivity index (χ4v) is 3.89. The van der Waals surface area contributed by atoms with E-state index in [1.54, 1.807) is 17.0 Å². The summed E-state index contributed by atoms with van der Waals surface area (Å²) in [7, 11) is 0. The van der Waals surface area contributed by atoms with Crippen molar-refractivity contribution in [3.8, 4) is 0 Å². The molecule has 0 aromatic heterocycles. The number of hydrogen-bond acceptors (Lipinski definition) is 5. The summed E-state index contributed by atoms with van der Waals surface area (Å²) in [5, 5.41) is 11.1. The Morgan fingerprint density at radius 2 is 1.50 bits per heavy atom. The summed E-state index contributed by atoms with van der Waals surface area (Å²) in [5.41, 5.74) is 2.92. The third-order valence-electron chi connectivity index (χ3n) is 5.44. The van der Waals surface area contributed by atoms with Gasteiger partial charge in [-0.2, -0.15) is 0 Å². The number of nitro groups is 1. The quantitative estimate of drug-likeness (QED) is 0.323. The summed E-state index contributed by atoms with van der Waals surface area (Å²) in [5.74, 6) is -0.883. The fraction of sp³-hybridized carbons (Fsp3) is 0.120. The van der Waals surface area contributed by atoms with Gasteiger partial charge in [0.2, 0.25) is 0 Å². The van der Waals surface area contributed by atoms with Crippen LogP contribution in [-0.2, 0) is 9.59 Å². The van der Waals surface area contributed by atoms with Crippen molar-refractivity contribution in [1.82, 2.24) is 0 Å². The molecule has 0 saturated heterocycles. The molecule has 160 valence electrons. The van der Waals surface area contributed by atoms with E-state index >= 15 is 0 Å². The highest BCUT2D eigenvalue weighted by Crippen LogP contribution is 2.37. The van der Waals surface area contributed by atoms with Crippen molar-refractivity contribution in [3.63, 3.8) is 0 Å². The Morgan fingerprint density at radius 1 is 0.875 bits per heavy atom. The van der Waals surface area contributed by atoms with E-state index < -0.39 is 16.7 Å². The molecule has 0 aliphatic carbocycles. The van der Waals surface area contributed by atoms with Crippen molar-refractivity contribution in [1.29, 1.82) is 0 Å². The van der Waals surface area contributed by atoms with Gasteiger partial charge in [-0.25, -0.2) is 4.90 Å². The topological polar surface area (TPSA) is 83.8 Å². The molecular formula is C25H21N3O4. The van der Waals surface area contributed by atoms with E-state index in [0.29, 0.717) is 17.8 Å². The molecule has 0 spiro atoms. The number of carbonyl (C=O) groups is 2. The molecule has 0 saturated carbocycles. The van der Waals surface area contributed by atoms with Crippen LogP contribution in [0.1, 0.15) is 18.1 Å². The van der Waals surface area contributed by atoms with Gasteiger partial charge in [0.1, 0.15) is 5.70 Å². The number of imide groups is 1. The Kier molecular flexibility index (Phi) is 5.55. The maximum atomic E-state index is 13.7. The molecule has 1 aliphatic rings. The minimum absolute atomic E-state index is 0.0844. The first-order valence-electron chi connectivity index (χ1n) is 10.2. The number of nitro benzene ring substituents is 1.